The van der Waals surface area contributed by atoms with E-state index in [4.69, 9.17) is 15.2 Å². The van der Waals surface area contributed by atoms with Crippen molar-refractivity contribution in [1.29, 1.82) is 0 Å². The molecule has 1 unspecified atom stereocenters. The molecule has 2 aromatic heterocycles. The summed E-state index contributed by atoms with van der Waals surface area (Å²) in [6, 6.07) is 62.3. The number of rotatable bonds is 6. The van der Waals surface area contributed by atoms with Crippen molar-refractivity contribution in [3.63, 3.8) is 0 Å². The average Bonchev–Trinajstić information content (AvgIpc) is 3.91. The molecule has 310 valence electrons. The maximum absolute atomic E-state index is 8.48. The van der Waals surface area contributed by atoms with Gasteiger partial charge in [0, 0.05) is 50.4 Å². The summed E-state index contributed by atoms with van der Waals surface area (Å²) in [5, 5.41) is 13.4. The predicted octanol–water partition coefficient (Wildman–Crippen LogP) is 15.7. The summed E-state index contributed by atoms with van der Waals surface area (Å²) in [5.74, 6) is -0.716. The molecule has 1 aliphatic heterocycles. The zero-order chi connectivity index (χ0) is 46.0. The summed E-state index contributed by atoms with van der Waals surface area (Å²) in [4.78, 5) is 6.95. The average molecular weight is 1020 g/mol. The van der Waals surface area contributed by atoms with Crippen molar-refractivity contribution in [2.45, 2.75) is 52.4 Å². The smallest absolute Gasteiger partial charge is 0.661 e. The number of aromatic nitrogens is 1. The number of pyridine rings is 1. The fraction of sp³-hybridized carbons (Fsp3) is 0.140. The molecular weight excluding hydrogens is 963 g/mol. The Bertz CT molecular complexity index is 3430. The Morgan fingerprint density at radius 2 is 1.43 bits per heavy atom. The van der Waals surface area contributed by atoms with Crippen molar-refractivity contribution in [3.8, 4) is 22.4 Å². The van der Waals surface area contributed by atoms with Gasteiger partial charge in [-0.05, 0) is 45.3 Å². The molecular formula is C57H48IrN3OSi. The standard InChI is InChI=1S/C39H24N2O.C18H24NSi.Ir/c1-2-11-25(12-3-1)28-15-8-9-20-35(28)41-36-29-16-6-4-13-26(29)22-24-34(36)40-39(41)33-19-10-18-31-32-23-21-27-14-5-7-17-30(27)37(32)42-38(31)33;1-13(2)16-11-17(15-9-7-14(3)8-10-15)19-12-18(16)20(4,5)6;/h1-18,20-24,39H;7-9,11-13H,1-6H3;/q-2;-1;+3/i;3D3,13D;. The van der Waals surface area contributed by atoms with Crippen LogP contribution in [-0.4, -0.2) is 13.1 Å². The number of hydrogen-bond acceptors (Lipinski definition) is 3. The third-order valence-electron chi connectivity index (χ3n) is 11.8. The third-order valence-corrected chi connectivity index (χ3v) is 13.8. The van der Waals surface area contributed by atoms with E-state index in [1.54, 1.807) is 12.1 Å². The number of anilines is 2. The van der Waals surface area contributed by atoms with Gasteiger partial charge in [-0.3, -0.25) is 0 Å². The van der Waals surface area contributed by atoms with Gasteiger partial charge < -0.3 is 19.6 Å². The molecule has 0 amide bonds. The summed E-state index contributed by atoms with van der Waals surface area (Å²) in [7, 11) is -1.61. The van der Waals surface area contributed by atoms with Gasteiger partial charge in [-0.25, -0.2) is 0 Å². The molecule has 0 saturated heterocycles. The summed E-state index contributed by atoms with van der Waals surface area (Å²) in [6.45, 7) is 8.38. The predicted molar refractivity (Wildman–Crippen MR) is 264 cm³/mol. The van der Waals surface area contributed by atoms with Crippen LogP contribution in [0.25, 0.3) is 71.2 Å². The van der Waals surface area contributed by atoms with Gasteiger partial charge >= 0.3 is 20.1 Å². The summed E-state index contributed by atoms with van der Waals surface area (Å²) in [6.07, 6.45) is 1.53. The Labute approximate surface area is 390 Å². The first kappa shape index (κ1) is 37.3. The van der Waals surface area contributed by atoms with Gasteiger partial charge in [0.2, 0.25) is 0 Å². The Morgan fingerprint density at radius 3 is 2.17 bits per heavy atom. The molecule has 11 rings (SSSR count). The number of nitrogens with zero attached hydrogens (tertiary/aromatic N) is 3. The minimum Gasteiger partial charge on any atom is -0.661 e. The van der Waals surface area contributed by atoms with Gasteiger partial charge in [0.15, 0.2) is 0 Å². The maximum Gasteiger partial charge on any atom is 3.00 e. The van der Waals surface area contributed by atoms with Gasteiger partial charge in [0.1, 0.15) is 5.58 Å². The number of furan rings is 1. The van der Waals surface area contributed by atoms with E-state index in [0.29, 0.717) is 0 Å². The van der Waals surface area contributed by atoms with Gasteiger partial charge in [-0.1, -0.05) is 179 Å². The van der Waals surface area contributed by atoms with E-state index >= 15 is 0 Å². The van der Waals surface area contributed by atoms with Crippen molar-refractivity contribution < 1.29 is 30.0 Å². The monoisotopic (exact) mass is 1020 g/mol. The Balaban J connectivity index is 0.000000194. The van der Waals surface area contributed by atoms with Crippen molar-refractivity contribution in [2.24, 2.45) is 0 Å². The number of para-hydroxylation sites is 1. The molecule has 3 heterocycles. The van der Waals surface area contributed by atoms with Crippen molar-refractivity contribution in [3.05, 3.63) is 204 Å². The van der Waals surface area contributed by atoms with E-state index in [1.807, 2.05) is 32.2 Å². The molecule has 6 heteroatoms. The van der Waals surface area contributed by atoms with Crippen molar-refractivity contribution in [2.75, 3.05) is 4.90 Å². The molecule has 0 saturated carbocycles. The SMILES string of the molecule is [2H]C([2H])([2H])c1c[c-]c(-c2cc(C([2H])(C)C)c([Si](C)(C)C)cn2)cc1.[Ir+3].[c-]1ccc2c(oc3c4ccccc4ccc23)c1C1[N-]c2ccc3ccccc3c2N1c1ccccc1-c1ccccc1. The first-order chi connectivity index (χ1) is 31.6. The van der Waals surface area contributed by atoms with E-state index in [0.717, 1.165) is 83.3 Å². The fourth-order valence-corrected chi connectivity index (χ4v) is 10.4. The second-order valence-electron chi connectivity index (χ2n) is 17.2. The van der Waals surface area contributed by atoms with E-state index in [-0.39, 0.29) is 31.8 Å². The summed E-state index contributed by atoms with van der Waals surface area (Å²) < 4.78 is 37.6. The molecule has 0 N–H and O–H groups in total. The fourth-order valence-electron chi connectivity index (χ4n) is 8.78. The largest absolute Gasteiger partial charge is 3.00 e. The van der Waals surface area contributed by atoms with Crippen LogP contribution in [-0.2, 0) is 20.1 Å². The van der Waals surface area contributed by atoms with Crippen LogP contribution in [0, 0.1) is 19.0 Å². The molecule has 10 aromatic rings. The summed E-state index contributed by atoms with van der Waals surface area (Å²) >= 11 is 0. The molecule has 1 aliphatic rings. The maximum atomic E-state index is 8.48. The quantitative estimate of drug-likeness (QED) is 0.123. The summed E-state index contributed by atoms with van der Waals surface area (Å²) in [5.41, 5.74) is 10.9. The normalized spacial score (nSPS) is 14.8. The molecule has 0 bridgehead atoms. The Morgan fingerprint density at radius 1 is 0.730 bits per heavy atom. The number of benzene rings is 8. The number of aryl methyl sites for hydroxylation is 1. The minimum absolute atomic E-state index is 0. The number of hydrogen-bond donors (Lipinski definition) is 0. The third kappa shape index (κ3) is 7.78. The van der Waals surface area contributed by atoms with Crippen LogP contribution < -0.4 is 10.1 Å². The van der Waals surface area contributed by atoms with Crippen LogP contribution in [0.2, 0.25) is 19.6 Å². The van der Waals surface area contributed by atoms with Crippen LogP contribution in [0.3, 0.4) is 0 Å². The second kappa shape index (κ2) is 17.1. The molecule has 0 spiro atoms. The van der Waals surface area contributed by atoms with E-state index in [1.165, 1.54) is 22.0 Å². The second-order valence-corrected chi connectivity index (χ2v) is 22.2. The number of fused-ring (bicyclic) bond motifs is 8. The van der Waals surface area contributed by atoms with Crippen molar-refractivity contribution >= 4 is 73.8 Å². The first-order valence-electron chi connectivity index (χ1n) is 23.1. The van der Waals surface area contributed by atoms with Crippen LogP contribution in [0.5, 0.6) is 0 Å². The van der Waals surface area contributed by atoms with E-state index in [2.05, 4.69) is 175 Å². The molecule has 1 atom stereocenters. The zero-order valence-corrected chi connectivity index (χ0v) is 39.2. The van der Waals surface area contributed by atoms with Gasteiger partial charge in [-0.2, -0.15) is 18.2 Å². The molecule has 8 aromatic carbocycles. The van der Waals surface area contributed by atoms with Crippen LogP contribution in [0.15, 0.2) is 174 Å². The zero-order valence-electron chi connectivity index (χ0n) is 39.8. The van der Waals surface area contributed by atoms with Gasteiger partial charge in [0.25, 0.3) is 0 Å². The minimum atomic E-state index is -2.13. The van der Waals surface area contributed by atoms with Crippen molar-refractivity contribution in [1.82, 2.24) is 4.98 Å². The molecule has 4 nitrogen and oxygen atoms in total. The van der Waals surface area contributed by atoms with Gasteiger partial charge in [-0.15, -0.1) is 46.6 Å². The van der Waals surface area contributed by atoms with E-state index in [9.17, 15) is 0 Å². The Kier molecular flexibility index (Phi) is 10.1. The van der Waals surface area contributed by atoms with Crippen LogP contribution >= 0.6 is 0 Å². The van der Waals surface area contributed by atoms with Crippen LogP contribution in [0.4, 0.5) is 17.1 Å². The topological polar surface area (TPSA) is 43.4 Å². The van der Waals surface area contributed by atoms with Crippen LogP contribution in [0.1, 0.15) is 48.1 Å². The molecule has 0 radical (unpaired) electrons. The molecule has 63 heavy (non-hydrogen) atoms. The Hall–Kier alpha value is -6.30. The molecule has 0 fully saturated rings. The first-order valence-corrected chi connectivity index (χ1v) is 24.6. The van der Waals surface area contributed by atoms with E-state index < -0.39 is 20.8 Å². The van der Waals surface area contributed by atoms with Gasteiger partial charge in [0.05, 0.1) is 8.07 Å². The molecule has 0 aliphatic carbocycles.